The van der Waals surface area contributed by atoms with Crippen molar-refractivity contribution in [1.29, 1.82) is 5.26 Å². The quantitative estimate of drug-likeness (QED) is 0.436. The van der Waals surface area contributed by atoms with E-state index in [1.54, 1.807) is 0 Å². The lowest BCUT2D eigenvalue weighted by atomic mass is 10.1. The first-order valence-electron chi connectivity index (χ1n) is 4.43. The van der Waals surface area contributed by atoms with Gasteiger partial charge in [-0.1, -0.05) is 0 Å². The predicted molar refractivity (Wildman–Crippen MR) is 58.0 cm³/mol. The van der Waals surface area contributed by atoms with E-state index in [4.69, 9.17) is 5.26 Å². The van der Waals surface area contributed by atoms with E-state index in [0.29, 0.717) is 6.20 Å². The molecule has 0 spiro atoms. The number of nitriles is 1. The molecule has 0 fully saturated rings. The van der Waals surface area contributed by atoms with Crippen LogP contribution in [0.15, 0.2) is 6.20 Å². The lowest BCUT2D eigenvalue weighted by molar-refractivity contribution is -0.275. The van der Waals surface area contributed by atoms with Crippen molar-refractivity contribution in [2.45, 2.75) is 19.0 Å². The number of ether oxygens (including phenoxy) is 1. The van der Waals surface area contributed by atoms with Crippen LogP contribution in [0.2, 0.25) is 0 Å². The van der Waals surface area contributed by atoms with Crippen LogP contribution in [0.3, 0.4) is 0 Å². The van der Waals surface area contributed by atoms with E-state index in [0.717, 1.165) is 0 Å². The van der Waals surface area contributed by atoms with Crippen LogP contribution < -0.4 is 4.74 Å². The molecule has 1 aromatic heterocycles. The monoisotopic (exact) mass is 396 g/mol. The van der Waals surface area contributed by atoms with Crippen molar-refractivity contribution in [3.8, 4) is 11.8 Å². The van der Waals surface area contributed by atoms with Crippen LogP contribution in [0.1, 0.15) is 11.1 Å². The smallest absolute Gasteiger partial charge is 0.403 e. The zero-order valence-corrected chi connectivity index (χ0v) is 10.9. The molecule has 0 aliphatic rings. The average molecular weight is 396 g/mol. The van der Waals surface area contributed by atoms with Gasteiger partial charge in [0.25, 0.3) is 0 Å². The van der Waals surface area contributed by atoms with Crippen LogP contribution in [-0.2, 0) is 12.6 Å². The topological polar surface area (TPSA) is 45.9 Å². The number of rotatable bonds is 2. The predicted octanol–water partition coefficient (Wildman–Crippen LogP) is 3.67. The molecular weight excluding hydrogens is 393 g/mol. The molecule has 104 valence electrons. The molecular formula is C9H3F6IN2O. The molecule has 0 N–H and O–H groups in total. The average Bonchev–Trinajstić information content (AvgIpc) is 2.20. The first-order chi connectivity index (χ1) is 8.56. The molecule has 1 rings (SSSR count). The van der Waals surface area contributed by atoms with E-state index in [-0.39, 0.29) is 0 Å². The highest BCUT2D eigenvalue weighted by molar-refractivity contribution is 14.1. The third-order valence-corrected chi connectivity index (χ3v) is 2.64. The summed E-state index contributed by atoms with van der Waals surface area (Å²) in [6, 6.07) is 1.37. The summed E-state index contributed by atoms with van der Waals surface area (Å²) in [7, 11) is 0. The maximum Gasteiger partial charge on any atom is 0.573 e. The highest BCUT2D eigenvalue weighted by Gasteiger charge is 2.39. The summed E-state index contributed by atoms with van der Waals surface area (Å²) in [5, 5.41) is 8.45. The van der Waals surface area contributed by atoms with Crippen LogP contribution in [0.5, 0.6) is 5.75 Å². The molecule has 0 bridgehead atoms. The first-order valence-corrected chi connectivity index (χ1v) is 5.51. The minimum atomic E-state index is -5.17. The molecule has 0 aliphatic heterocycles. The maximum absolute atomic E-state index is 12.6. The number of halogens is 7. The Labute approximate surface area is 116 Å². The van der Waals surface area contributed by atoms with Crippen LogP contribution in [0, 0.1) is 15.0 Å². The first kappa shape index (κ1) is 15.8. The fourth-order valence-corrected chi connectivity index (χ4v) is 1.80. The van der Waals surface area contributed by atoms with Gasteiger partial charge in [0.05, 0.1) is 18.1 Å². The van der Waals surface area contributed by atoms with Crippen molar-refractivity contribution >= 4 is 22.6 Å². The summed E-state index contributed by atoms with van der Waals surface area (Å²) >= 11 is 1.30. The van der Waals surface area contributed by atoms with Gasteiger partial charge in [-0.25, -0.2) is 4.98 Å². The summed E-state index contributed by atoms with van der Waals surface area (Å²) < 4.78 is 77.5. The molecule has 0 aromatic carbocycles. The van der Waals surface area contributed by atoms with Crippen LogP contribution in [0.25, 0.3) is 0 Å². The number of pyridine rings is 1. The summed E-state index contributed by atoms with van der Waals surface area (Å²) in [6.07, 6.45) is -10.6. The Morgan fingerprint density at radius 1 is 1.26 bits per heavy atom. The van der Waals surface area contributed by atoms with Gasteiger partial charge in [-0.3, -0.25) is 0 Å². The highest BCUT2D eigenvalue weighted by Crippen LogP contribution is 2.39. The van der Waals surface area contributed by atoms with Crippen molar-refractivity contribution in [2.24, 2.45) is 0 Å². The van der Waals surface area contributed by atoms with Crippen molar-refractivity contribution in [3.63, 3.8) is 0 Å². The third kappa shape index (κ3) is 4.12. The molecule has 1 heterocycles. The summed E-state index contributed by atoms with van der Waals surface area (Å²) in [5.41, 5.74) is -2.31. The van der Waals surface area contributed by atoms with Crippen molar-refractivity contribution in [3.05, 3.63) is 21.0 Å². The molecule has 0 aliphatic carbocycles. The van der Waals surface area contributed by atoms with Crippen LogP contribution in [-0.4, -0.2) is 11.3 Å². The van der Waals surface area contributed by atoms with Crippen LogP contribution >= 0.6 is 22.6 Å². The Balaban J connectivity index is 3.47. The third-order valence-electron chi connectivity index (χ3n) is 1.87. The Hall–Kier alpha value is -1.25. The SMILES string of the molecule is N#CCc1c(C(F)(F)F)cnc(I)c1OC(F)(F)F. The molecule has 0 saturated heterocycles. The van der Waals surface area contributed by atoms with Crippen molar-refractivity contribution in [1.82, 2.24) is 4.98 Å². The van der Waals surface area contributed by atoms with E-state index < -0.39 is 39.5 Å². The zero-order valence-electron chi connectivity index (χ0n) is 8.73. The van der Waals surface area contributed by atoms with E-state index in [2.05, 4.69) is 9.72 Å². The Kier molecular flexibility index (Phi) is 4.49. The van der Waals surface area contributed by atoms with Gasteiger partial charge >= 0.3 is 12.5 Å². The van der Waals surface area contributed by atoms with Gasteiger partial charge in [-0.2, -0.15) is 18.4 Å². The lowest BCUT2D eigenvalue weighted by Crippen LogP contribution is -2.21. The van der Waals surface area contributed by atoms with Gasteiger partial charge in [0.1, 0.15) is 3.70 Å². The molecule has 0 unspecified atom stereocenters. The summed E-state index contributed by atoms with van der Waals surface area (Å²) in [6.45, 7) is 0. The molecule has 19 heavy (non-hydrogen) atoms. The van der Waals surface area contributed by atoms with Crippen LogP contribution in [0.4, 0.5) is 26.3 Å². The molecule has 1 aromatic rings. The van der Waals surface area contributed by atoms with Crippen molar-refractivity contribution < 1.29 is 31.1 Å². The van der Waals surface area contributed by atoms with E-state index in [9.17, 15) is 26.3 Å². The van der Waals surface area contributed by atoms with E-state index >= 15 is 0 Å². The van der Waals surface area contributed by atoms with Gasteiger partial charge in [0, 0.05) is 11.8 Å². The van der Waals surface area contributed by atoms with Gasteiger partial charge in [-0.15, -0.1) is 13.2 Å². The second-order valence-electron chi connectivity index (χ2n) is 3.15. The van der Waals surface area contributed by atoms with Gasteiger partial charge < -0.3 is 4.74 Å². The largest absolute Gasteiger partial charge is 0.573 e. The van der Waals surface area contributed by atoms with E-state index in [1.807, 2.05) is 0 Å². The zero-order chi connectivity index (χ0) is 14.8. The molecule has 0 radical (unpaired) electrons. The fourth-order valence-electron chi connectivity index (χ4n) is 1.22. The summed E-state index contributed by atoms with van der Waals surface area (Å²) in [5.74, 6) is -1.09. The molecule has 0 saturated carbocycles. The normalized spacial score (nSPS) is 12.1. The second-order valence-corrected chi connectivity index (χ2v) is 4.17. The Morgan fingerprint density at radius 2 is 1.84 bits per heavy atom. The Morgan fingerprint density at radius 3 is 2.26 bits per heavy atom. The molecule has 0 amide bonds. The number of aromatic nitrogens is 1. The highest BCUT2D eigenvalue weighted by atomic mass is 127. The van der Waals surface area contributed by atoms with Gasteiger partial charge in [0.2, 0.25) is 0 Å². The number of hydrogen-bond acceptors (Lipinski definition) is 3. The minimum absolute atomic E-state index is 0.373. The maximum atomic E-state index is 12.6. The second kappa shape index (κ2) is 5.40. The Bertz CT molecular complexity index is 519. The molecule has 0 atom stereocenters. The molecule has 3 nitrogen and oxygen atoms in total. The van der Waals surface area contributed by atoms with E-state index in [1.165, 1.54) is 28.7 Å². The minimum Gasteiger partial charge on any atom is -0.403 e. The number of hydrogen-bond donors (Lipinski definition) is 0. The lowest BCUT2D eigenvalue weighted by Gasteiger charge is -2.17. The van der Waals surface area contributed by atoms with Crippen molar-refractivity contribution in [2.75, 3.05) is 0 Å². The van der Waals surface area contributed by atoms with Gasteiger partial charge in [0.15, 0.2) is 5.75 Å². The number of alkyl halides is 6. The molecule has 10 heteroatoms. The fraction of sp³-hybridized carbons (Fsp3) is 0.333. The standard InChI is InChI=1S/C9H3F6IN2O/c10-8(11,12)5-3-18-7(16)6(4(5)1-2-17)19-9(13,14)15/h3H,1H2. The summed E-state index contributed by atoms with van der Waals surface area (Å²) in [4.78, 5) is 3.20. The number of nitrogens with zero attached hydrogens (tertiary/aromatic N) is 2. The van der Waals surface area contributed by atoms with Gasteiger partial charge in [-0.05, 0) is 22.6 Å².